The fourth-order valence-electron chi connectivity index (χ4n) is 9.85. The monoisotopic (exact) mass is 841 g/mol. The quantitative estimate of drug-likeness (QED) is 0.148. The number of morpholine rings is 1. The van der Waals surface area contributed by atoms with Gasteiger partial charge in [-0.25, -0.2) is 9.18 Å². The fraction of sp³-hybridized carbons (Fsp3) is 0.426. The highest BCUT2D eigenvalue weighted by Gasteiger charge is 2.39. The van der Waals surface area contributed by atoms with Gasteiger partial charge in [-0.2, -0.15) is 0 Å². The molecule has 4 aliphatic heterocycles. The van der Waals surface area contributed by atoms with Gasteiger partial charge < -0.3 is 34.8 Å². The predicted molar refractivity (Wildman–Crippen MR) is 234 cm³/mol. The molecule has 322 valence electrons. The van der Waals surface area contributed by atoms with Gasteiger partial charge in [0.15, 0.2) is 5.82 Å². The summed E-state index contributed by atoms with van der Waals surface area (Å²) in [4.78, 5) is 45.8. The molecule has 0 radical (unpaired) electrons. The summed E-state index contributed by atoms with van der Waals surface area (Å²) in [5.74, 6) is 0.606. The SMILES string of the molecule is Nc1nnc(-c2ccccc2O)cc1N1CCO[C@H](c2ccc(C(=O)N3CCC(F)(CN4CCC(n5cc(C6CC6)c6cc(N7CCC(=O)NC7=O)ccc65)CC4)CC3)cc2)C1. The first kappa shape index (κ1) is 40.0. The standard InChI is InChI=1S/C47H52FN9O5/c48-47(29-53-18-13-33(14-19-53)57-27-37(30-5-6-30)36-25-34(11-12-39(36)57)56-20-15-43(59)50-46(56)61)16-21-54(22-17-47)45(60)32-9-7-31(8-10-32)42-28-55(23-24-62-42)40-26-38(51-52-44(40)49)35-3-1-2-4-41(35)58/h1-4,7-12,25-27,30,33,42,58H,5-6,13-24,28-29H2,(H2,49,52)(H,50,59,61)/t42-/m0/s1. The molecule has 10 rings (SSSR count). The van der Waals surface area contributed by atoms with Gasteiger partial charge in [-0.05, 0) is 91.3 Å². The van der Waals surface area contributed by atoms with Crippen LogP contribution < -0.4 is 20.9 Å². The molecule has 3 aromatic carbocycles. The Morgan fingerprint density at radius 2 is 1.69 bits per heavy atom. The zero-order valence-corrected chi connectivity index (χ0v) is 34.7. The van der Waals surface area contributed by atoms with E-state index >= 15 is 4.39 Å². The molecule has 1 atom stereocenters. The largest absolute Gasteiger partial charge is 0.507 e. The predicted octanol–water partition coefficient (Wildman–Crippen LogP) is 6.57. The molecule has 0 bridgehead atoms. The lowest BCUT2D eigenvalue weighted by Gasteiger charge is -2.41. The van der Waals surface area contributed by atoms with Crippen molar-refractivity contribution in [3.05, 3.63) is 95.7 Å². The van der Waals surface area contributed by atoms with Crippen molar-refractivity contribution in [1.82, 2.24) is 29.9 Å². The van der Waals surface area contributed by atoms with E-state index < -0.39 is 5.67 Å². The number of benzene rings is 3. The molecule has 15 heteroatoms. The van der Waals surface area contributed by atoms with Crippen LogP contribution >= 0.6 is 0 Å². The molecule has 4 N–H and O–H groups in total. The summed E-state index contributed by atoms with van der Waals surface area (Å²) in [6.07, 6.45) is 7.12. The average molecular weight is 842 g/mol. The zero-order chi connectivity index (χ0) is 42.5. The van der Waals surface area contributed by atoms with Crippen molar-refractivity contribution >= 4 is 45.9 Å². The van der Waals surface area contributed by atoms with E-state index in [0.29, 0.717) is 99.0 Å². The Bertz CT molecular complexity index is 2510. The number of halogens is 1. The third kappa shape index (κ3) is 7.95. The van der Waals surface area contributed by atoms with Crippen molar-refractivity contribution in [3.63, 3.8) is 0 Å². The Morgan fingerprint density at radius 3 is 2.44 bits per heavy atom. The van der Waals surface area contributed by atoms with E-state index in [1.54, 1.807) is 28.0 Å². The highest BCUT2D eigenvalue weighted by Crippen LogP contribution is 2.46. The lowest BCUT2D eigenvalue weighted by molar-refractivity contribution is -0.120. The van der Waals surface area contributed by atoms with Crippen LogP contribution in [0.3, 0.4) is 0 Å². The highest BCUT2D eigenvalue weighted by atomic mass is 19.1. The fourth-order valence-corrected chi connectivity index (χ4v) is 9.85. The maximum atomic E-state index is 16.4. The third-order valence-electron chi connectivity index (χ3n) is 13.6. The smallest absolute Gasteiger partial charge is 0.328 e. The van der Waals surface area contributed by atoms with Crippen molar-refractivity contribution in [2.45, 2.75) is 68.7 Å². The number of nitrogen functional groups attached to an aromatic ring is 1. The van der Waals surface area contributed by atoms with Crippen LogP contribution in [0.15, 0.2) is 79.0 Å². The number of hydrogen-bond acceptors (Lipinski definition) is 10. The molecule has 5 aliphatic rings. The number of phenolic OH excluding ortho intramolecular Hbond substituents is 1. The first-order chi connectivity index (χ1) is 30.1. The van der Waals surface area contributed by atoms with Crippen molar-refractivity contribution in [1.29, 1.82) is 0 Å². The van der Waals surface area contributed by atoms with Gasteiger partial charge >= 0.3 is 6.03 Å². The number of aromatic nitrogens is 3. The summed E-state index contributed by atoms with van der Waals surface area (Å²) in [5, 5.41) is 22.4. The van der Waals surface area contributed by atoms with E-state index in [1.165, 1.54) is 10.9 Å². The van der Waals surface area contributed by atoms with Gasteiger partial charge in [0.05, 0.1) is 18.0 Å². The number of urea groups is 1. The zero-order valence-electron chi connectivity index (χ0n) is 34.7. The number of imide groups is 1. The minimum Gasteiger partial charge on any atom is -0.507 e. The average Bonchev–Trinajstić information content (AvgIpc) is 4.07. The van der Waals surface area contributed by atoms with Gasteiger partial charge in [-0.3, -0.25) is 19.8 Å². The number of carbonyl (C=O) groups excluding carboxylic acids is 3. The van der Waals surface area contributed by atoms with Gasteiger partial charge in [-0.1, -0.05) is 24.3 Å². The van der Waals surface area contributed by atoms with E-state index in [9.17, 15) is 19.5 Å². The van der Waals surface area contributed by atoms with E-state index in [2.05, 4.69) is 48.2 Å². The number of carbonyl (C=O) groups is 3. The summed E-state index contributed by atoms with van der Waals surface area (Å²) >= 11 is 0. The summed E-state index contributed by atoms with van der Waals surface area (Å²) in [6, 6.07) is 22.5. The lowest BCUT2D eigenvalue weighted by Crippen LogP contribution is -2.51. The van der Waals surface area contributed by atoms with Crippen molar-refractivity contribution < 1.29 is 28.6 Å². The highest BCUT2D eigenvalue weighted by molar-refractivity contribution is 6.06. The van der Waals surface area contributed by atoms with E-state index in [0.717, 1.165) is 55.5 Å². The number of amides is 4. The van der Waals surface area contributed by atoms with Gasteiger partial charge in [-0.15, -0.1) is 10.2 Å². The second-order valence-corrected chi connectivity index (χ2v) is 17.6. The number of nitrogens with zero attached hydrogens (tertiary/aromatic N) is 7. The molecule has 2 aromatic heterocycles. The first-order valence-corrected chi connectivity index (χ1v) is 21.9. The normalized spacial score (nSPS) is 21.4. The minimum atomic E-state index is -1.35. The summed E-state index contributed by atoms with van der Waals surface area (Å²) in [5.41, 5.74) is 11.5. The van der Waals surface area contributed by atoms with Crippen molar-refractivity contribution in [2.24, 2.45) is 0 Å². The number of ether oxygens (including phenoxy) is 1. The van der Waals surface area contributed by atoms with Crippen LogP contribution in [-0.2, 0) is 9.53 Å². The number of likely N-dealkylation sites (tertiary alicyclic amines) is 2. The number of rotatable bonds is 9. The van der Waals surface area contributed by atoms with Gasteiger partial charge in [0.2, 0.25) is 5.91 Å². The Hall–Kier alpha value is -6.06. The summed E-state index contributed by atoms with van der Waals surface area (Å²) in [7, 11) is 0. The van der Waals surface area contributed by atoms with Gasteiger partial charge in [0, 0.05) is 112 Å². The van der Waals surface area contributed by atoms with E-state index in [4.69, 9.17) is 10.5 Å². The number of fused-ring (bicyclic) bond motifs is 1. The molecule has 4 amide bonds. The van der Waals surface area contributed by atoms with Crippen LogP contribution in [0.2, 0.25) is 0 Å². The third-order valence-corrected chi connectivity index (χ3v) is 13.6. The molecule has 14 nitrogen and oxygen atoms in total. The molecule has 1 saturated carbocycles. The summed E-state index contributed by atoms with van der Waals surface area (Å²) < 4.78 is 25.0. The number of nitrogens with one attached hydrogen (secondary N) is 1. The molecule has 0 unspecified atom stereocenters. The van der Waals surface area contributed by atoms with Gasteiger partial charge in [0.1, 0.15) is 17.5 Å². The number of phenols is 1. The summed E-state index contributed by atoms with van der Waals surface area (Å²) in [6.45, 7) is 4.69. The topological polar surface area (TPSA) is 162 Å². The maximum Gasteiger partial charge on any atom is 0.328 e. The molecule has 5 aromatic rings. The van der Waals surface area contributed by atoms with E-state index in [-0.39, 0.29) is 36.1 Å². The second kappa shape index (κ2) is 16.3. The molecule has 6 heterocycles. The Labute approximate surface area is 359 Å². The number of hydrogen-bond donors (Lipinski definition) is 3. The molecule has 1 aliphatic carbocycles. The van der Waals surface area contributed by atoms with Crippen LogP contribution in [0.5, 0.6) is 5.75 Å². The number of piperidine rings is 2. The molecule has 62 heavy (non-hydrogen) atoms. The number of alkyl halides is 1. The molecular formula is C47H52FN9O5. The molecular weight excluding hydrogens is 790 g/mol. The molecule has 0 spiro atoms. The Morgan fingerprint density at radius 1 is 0.919 bits per heavy atom. The van der Waals surface area contributed by atoms with Crippen LogP contribution in [0.25, 0.3) is 22.2 Å². The Kier molecular flexibility index (Phi) is 10.5. The molecule has 5 fully saturated rings. The molecule has 4 saturated heterocycles. The number of para-hydroxylation sites is 1. The van der Waals surface area contributed by atoms with Crippen molar-refractivity contribution in [2.75, 3.05) is 74.5 Å². The number of anilines is 3. The van der Waals surface area contributed by atoms with Crippen molar-refractivity contribution in [3.8, 4) is 17.0 Å². The van der Waals surface area contributed by atoms with Crippen LogP contribution in [0, 0.1) is 0 Å². The number of nitrogens with two attached hydrogens (primary N) is 1. The van der Waals surface area contributed by atoms with Gasteiger partial charge in [0.25, 0.3) is 5.91 Å². The minimum absolute atomic E-state index is 0.0936. The van der Waals surface area contributed by atoms with E-state index in [1.807, 2.05) is 42.5 Å². The van der Waals surface area contributed by atoms with Crippen LogP contribution in [0.4, 0.5) is 26.4 Å². The number of aromatic hydroxyl groups is 1. The second-order valence-electron chi connectivity index (χ2n) is 17.6. The lowest BCUT2D eigenvalue weighted by atomic mass is 9.91. The maximum absolute atomic E-state index is 16.4. The van der Waals surface area contributed by atoms with Crippen LogP contribution in [0.1, 0.15) is 84.5 Å². The van der Waals surface area contributed by atoms with Crippen LogP contribution in [-0.4, -0.2) is 112 Å². The first-order valence-electron chi connectivity index (χ1n) is 21.9. The Balaban J connectivity index is 0.727.